The van der Waals surface area contributed by atoms with E-state index >= 15 is 0 Å². The zero-order valence-electron chi connectivity index (χ0n) is 15.2. The molecule has 1 saturated carbocycles. The zero-order chi connectivity index (χ0) is 17.3. The van der Waals surface area contributed by atoms with E-state index in [-0.39, 0.29) is 5.91 Å². The van der Waals surface area contributed by atoms with Gasteiger partial charge < -0.3 is 9.80 Å². The topological polar surface area (TPSA) is 49.3 Å². The van der Waals surface area contributed by atoms with Gasteiger partial charge in [0.05, 0.1) is 11.3 Å². The third-order valence-corrected chi connectivity index (χ3v) is 5.71. The highest BCUT2D eigenvalue weighted by Crippen LogP contribution is 2.39. The SMILES string of the molecule is CSc1nc(C2CC2)nc(C)c1C(=O)N(C)C[C@H]1CCCN(C)C1. The van der Waals surface area contributed by atoms with E-state index in [0.29, 0.717) is 17.4 Å². The number of carbonyl (C=O) groups is 1. The number of amides is 1. The summed E-state index contributed by atoms with van der Waals surface area (Å²) in [4.78, 5) is 26.5. The average Bonchev–Trinajstić information content (AvgIpc) is 3.38. The average molecular weight is 349 g/mol. The standard InChI is InChI=1S/C18H28N4OS/c1-12-15(17(24-4)20-16(19-12)14-7-8-14)18(23)22(3)11-13-6-5-9-21(2)10-13/h13-14H,5-11H2,1-4H3/t13-/m0/s1. The Morgan fingerprint density at radius 1 is 1.33 bits per heavy atom. The van der Waals surface area contributed by atoms with Crippen molar-refractivity contribution in [2.24, 2.45) is 5.92 Å². The van der Waals surface area contributed by atoms with Crippen LogP contribution in [0.15, 0.2) is 5.03 Å². The summed E-state index contributed by atoms with van der Waals surface area (Å²) >= 11 is 1.55. The quantitative estimate of drug-likeness (QED) is 0.605. The minimum absolute atomic E-state index is 0.0624. The summed E-state index contributed by atoms with van der Waals surface area (Å²) in [5.41, 5.74) is 1.52. The van der Waals surface area contributed by atoms with E-state index in [1.54, 1.807) is 11.8 Å². The molecule has 1 aliphatic carbocycles. The summed E-state index contributed by atoms with van der Waals surface area (Å²) in [7, 11) is 4.07. The maximum Gasteiger partial charge on any atom is 0.258 e. The van der Waals surface area contributed by atoms with Crippen molar-refractivity contribution in [3.63, 3.8) is 0 Å². The van der Waals surface area contributed by atoms with Gasteiger partial charge in [0.25, 0.3) is 5.91 Å². The molecular formula is C18H28N4OS. The molecule has 1 amide bonds. The van der Waals surface area contributed by atoms with E-state index in [9.17, 15) is 4.79 Å². The summed E-state index contributed by atoms with van der Waals surface area (Å²) in [5, 5.41) is 0.835. The number of carbonyl (C=O) groups excluding carboxylic acids is 1. The Labute approximate surface area is 149 Å². The van der Waals surface area contributed by atoms with Crippen LogP contribution in [0.25, 0.3) is 0 Å². The van der Waals surface area contributed by atoms with Crippen LogP contribution in [0.4, 0.5) is 0 Å². The van der Waals surface area contributed by atoms with E-state index in [1.165, 1.54) is 32.2 Å². The number of likely N-dealkylation sites (tertiary alicyclic amines) is 1. The molecule has 6 heteroatoms. The second kappa shape index (κ2) is 7.40. The predicted molar refractivity (Wildman–Crippen MR) is 97.7 cm³/mol. The van der Waals surface area contributed by atoms with Crippen molar-refractivity contribution in [2.45, 2.75) is 43.6 Å². The number of thioether (sulfide) groups is 1. The highest BCUT2D eigenvalue weighted by Gasteiger charge is 2.30. The van der Waals surface area contributed by atoms with Crippen LogP contribution < -0.4 is 0 Å². The van der Waals surface area contributed by atoms with E-state index in [1.807, 2.05) is 25.1 Å². The molecule has 1 saturated heterocycles. The van der Waals surface area contributed by atoms with Gasteiger partial charge in [0.15, 0.2) is 0 Å². The highest BCUT2D eigenvalue weighted by molar-refractivity contribution is 7.98. The number of nitrogens with zero attached hydrogens (tertiary/aromatic N) is 4. The first-order chi connectivity index (χ1) is 11.5. The summed E-state index contributed by atoms with van der Waals surface area (Å²) in [6.45, 7) is 4.99. The summed E-state index contributed by atoms with van der Waals surface area (Å²) in [6.07, 6.45) is 6.77. The Hall–Kier alpha value is -1.14. The van der Waals surface area contributed by atoms with E-state index in [0.717, 1.165) is 29.6 Å². The number of hydrogen-bond donors (Lipinski definition) is 0. The van der Waals surface area contributed by atoms with Crippen LogP contribution in [0.5, 0.6) is 0 Å². The van der Waals surface area contributed by atoms with Gasteiger partial charge in [-0.3, -0.25) is 4.79 Å². The molecule has 0 N–H and O–H groups in total. The Morgan fingerprint density at radius 3 is 2.71 bits per heavy atom. The molecule has 24 heavy (non-hydrogen) atoms. The van der Waals surface area contributed by atoms with Crippen molar-refractivity contribution in [3.05, 3.63) is 17.1 Å². The van der Waals surface area contributed by atoms with E-state index in [4.69, 9.17) is 0 Å². The van der Waals surface area contributed by atoms with Crippen molar-refractivity contribution in [1.29, 1.82) is 0 Å². The molecule has 0 bridgehead atoms. The van der Waals surface area contributed by atoms with Crippen LogP contribution in [0.3, 0.4) is 0 Å². The molecule has 3 rings (SSSR count). The van der Waals surface area contributed by atoms with Gasteiger partial charge in [-0.25, -0.2) is 9.97 Å². The first-order valence-corrected chi connectivity index (χ1v) is 10.1. The molecule has 1 aromatic rings. The fourth-order valence-corrected chi connectivity index (χ4v) is 4.19. The van der Waals surface area contributed by atoms with Crippen molar-refractivity contribution in [1.82, 2.24) is 19.8 Å². The number of rotatable bonds is 5. The molecule has 0 aromatic carbocycles. The lowest BCUT2D eigenvalue weighted by Crippen LogP contribution is -2.40. The Bertz CT molecular complexity index is 617. The van der Waals surface area contributed by atoms with Gasteiger partial charge >= 0.3 is 0 Å². The van der Waals surface area contributed by atoms with Crippen LogP contribution in [-0.4, -0.2) is 65.7 Å². The maximum absolute atomic E-state index is 13.0. The lowest BCUT2D eigenvalue weighted by Gasteiger charge is -2.32. The first kappa shape index (κ1) is 17.7. The third-order valence-electron chi connectivity index (χ3n) is 5.02. The van der Waals surface area contributed by atoms with Crippen LogP contribution in [-0.2, 0) is 0 Å². The number of piperidine rings is 1. The number of aromatic nitrogens is 2. The van der Waals surface area contributed by atoms with Gasteiger partial charge in [0.1, 0.15) is 10.9 Å². The van der Waals surface area contributed by atoms with Crippen LogP contribution in [0.1, 0.15) is 53.5 Å². The molecule has 0 unspecified atom stereocenters. The van der Waals surface area contributed by atoms with Crippen LogP contribution in [0.2, 0.25) is 0 Å². The monoisotopic (exact) mass is 348 g/mol. The van der Waals surface area contributed by atoms with Crippen LogP contribution in [0, 0.1) is 12.8 Å². The fraction of sp³-hybridized carbons (Fsp3) is 0.722. The van der Waals surface area contributed by atoms with Gasteiger partial charge in [-0.05, 0) is 58.4 Å². The number of hydrogen-bond acceptors (Lipinski definition) is 5. The molecule has 0 spiro atoms. The number of aryl methyl sites for hydroxylation is 1. The molecule has 0 radical (unpaired) electrons. The molecule has 1 atom stereocenters. The van der Waals surface area contributed by atoms with Gasteiger partial charge in [0.2, 0.25) is 0 Å². The van der Waals surface area contributed by atoms with Crippen LogP contribution >= 0.6 is 11.8 Å². The fourth-order valence-electron chi connectivity index (χ4n) is 3.57. The molecule has 132 valence electrons. The predicted octanol–water partition coefficient (Wildman–Crippen LogP) is 2.80. The molecule has 1 aromatic heterocycles. The third kappa shape index (κ3) is 3.91. The van der Waals surface area contributed by atoms with Crippen molar-refractivity contribution < 1.29 is 4.79 Å². The van der Waals surface area contributed by atoms with Crippen molar-refractivity contribution in [2.75, 3.05) is 40.0 Å². The van der Waals surface area contributed by atoms with Gasteiger partial charge in [-0.1, -0.05) is 0 Å². The van der Waals surface area contributed by atoms with E-state index < -0.39 is 0 Å². The van der Waals surface area contributed by atoms with Gasteiger partial charge in [-0.2, -0.15) is 0 Å². The molecular weight excluding hydrogens is 320 g/mol. The summed E-state index contributed by atoms with van der Waals surface area (Å²) in [6, 6.07) is 0. The Morgan fingerprint density at radius 2 is 2.08 bits per heavy atom. The molecule has 5 nitrogen and oxygen atoms in total. The molecule has 2 fully saturated rings. The second-order valence-corrected chi connectivity index (χ2v) is 8.08. The van der Waals surface area contributed by atoms with E-state index in [2.05, 4.69) is 21.9 Å². The zero-order valence-corrected chi connectivity index (χ0v) is 16.0. The highest BCUT2D eigenvalue weighted by atomic mass is 32.2. The normalized spacial score (nSPS) is 21.8. The second-order valence-electron chi connectivity index (χ2n) is 7.28. The molecule has 2 heterocycles. The summed E-state index contributed by atoms with van der Waals surface area (Å²) in [5.74, 6) is 2.05. The minimum atomic E-state index is 0.0624. The van der Waals surface area contributed by atoms with Gasteiger partial charge in [0, 0.05) is 26.1 Å². The van der Waals surface area contributed by atoms with Crippen molar-refractivity contribution in [3.8, 4) is 0 Å². The Kier molecular flexibility index (Phi) is 5.45. The van der Waals surface area contributed by atoms with Crippen molar-refractivity contribution >= 4 is 17.7 Å². The smallest absolute Gasteiger partial charge is 0.258 e. The maximum atomic E-state index is 13.0. The summed E-state index contributed by atoms with van der Waals surface area (Å²) < 4.78 is 0. The minimum Gasteiger partial charge on any atom is -0.341 e. The molecule has 1 aliphatic heterocycles. The largest absolute Gasteiger partial charge is 0.341 e. The lowest BCUT2D eigenvalue weighted by molar-refractivity contribution is 0.0735. The van der Waals surface area contributed by atoms with Gasteiger partial charge in [-0.15, -0.1) is 11.8 Å². The Balaban J connectivity index is 1.75. The molecule has 2 aliphatic rings. The lowest BCUT2D eigenvalue weighted by atomic mass is 9.98. The first-order valence-electron chi connectivity index (χ1n) is 8.86.